The van der Waals surface area contributed by atoms with E-state index in [0.717, 1.165) is 40.2 Å². The van der Waals surface area contributed by atoms with Gasteiger partial charge in [0, 0.05) is 38.4 Å². The molecular weight excluding hydrogens is 344 g/mol. The Hall–Kier alpha value is -1.89. The van der Waals surface area contributed by atoms with Crippen LogP contribution in [-0.4, -0.2) is 37.1 Å². The van der Waals surface area contributed by atoms with E-state index in [9.17, 15) is 0 Å². The number of nitrogens with zero attached hydrogens (tertiary/aromatic N) is 5. The third-order valence-corrected chi connectivity index (χ3v) is 4.79. The number of rotatable bonds is 3. The second kappa shape index (κ2) is 5.39. The standard InChI is InChI=1S/C15H17BrN6/c1-21-6-4-17-13(21)7-10-3-2-5-22(10)15-11-8-12(16)20-14(11)18-9-19-15/h4,6,8-10H,2-3,5,7H2,1H3,(H,18,19,20)/t10-/m1/s1. The predicted molar refractivity (Wildman–Crippen MR) is 88.9 cm³/mol. The van der Waals surface area contributed by atoms with E-state index in [1.807, 2.05) is 19.4 Å². The van der Waals surface area contributed by atoms with Gasteiger partial charge in [0.25, 0.3) is 0 Å². The van der Waals surface area contributed by atoms with Crippen LogP contribution < -0.4 is 4.90 Å². The summed E-state index contributed by atoms with van der Waals surface area (Å²) >= 11 is 3.49. The van der Waals surface area contributed by atoms with Gasteiger partial charge in [-0.15, -0.1) is 0 Å². The number of anilines is 1. The van der Waals surface area contributed by atoms with Crippen molar-refractivity contribution in [2.45, 2.75) is 25.3 Å². The number of aromatic amines is 1. The molecule has 1 aliphatic heterocycles. The van der Waals surface area contributed by atoms with Crippen molar-refractivity contribution in [2.75, 3.05) is 11.4 Å². The first kappa shape index (κ1) is 13.8. The summed E-state index contributed by atoms with van der Waals surface area (Å²) in [6, 6.07) is 2.49. The second-order valence-corrected chi connectivity index (χ2v) is 6.58. The van der Waals surface area contributed by atoms with Crippen molar-refractivity contribution in [1.29, 1.82) is 0 Å². The molecule has 114 valence electrons. The predicted octanol–water partition coefficient (Wildman–Crippen LogP) is 2.67. The zero-order valence-corrected chi connectivity index (χ0v) is 13.9. The van der Waals surface area contributed by atoms with Gasteiger partial charge in [0.05, 0.1) is 9.99 Å². The van der Waals surface area contributed by atoms with E-state index < -0.39 is 0 Å². The number of hydrogen-bond donors (Lipinski definition) is 1. The Morgan fingerprint density at radius 1 is 1.36 bits per heavy atom. The van der Waals surface area contributed by atoms with Crippen LogP contribution in [0.2, 0.25) is 0 Å². The van der Waals surface area contributed by atoms with Crippen molar-refractivity contribution in [3.63, 3.8) is 0 Å². The van der Waals surface area contributed by atoms with Gasteiger partial charge in [0.2, 0.25) is 0 Å². The molecule has 1 aliphatic rings. The Morgan fingerprint density at radius 3 is 3.09 bits per heavy atom. The maximum absolute atomic E-state index is 4.55. The molecule has 0 radical (unpaired) electrons. The monoisotopic (exact) mass is 360 g/mol. The molecular formula is C15H17BrN6. The highest BCUT2D eigenvalue weighted by Crippen LogP contribution is 2.32. The van der Waals surface area contributed by atoms with Crippen molar-refractivity contribution in [3.8, 4) is 0 Å². The zero-order chi connectivity index (χ0) is 15.1. The quantitative estimate of drug-likeness (QED) is 0.779. The fourth-order valence-corrected chi connectivity index (χ4v) is 3.67. The van der Waals surface area contributed by atoms with Crippen LogP contribution >= 0.6 is 15.9 Å². The van der Waals surface area contributed by atoms with Gasteiger partial charge in [0.15, 0.2) is 0 Å². The van der Waals surface area contributed by atoms with Gasteiger partial charge in [0.1, 0.15) is 23.6 Å². The lowest BCUT2D eigenvalue weighted by Gasteiger charge is -2.26. The Morgan fingerprint density at radius 2 is 2.27 bits per heavy atom. The topological polar surface area (TPSA) is 62.6 Å². The van der Waals surface area contributed by atoms with Crippen molar-refractivity contribution in [3.05, 3.63) is 35.2 Å². The van der Waals surface area contributed by atoms with Crippen LogP contribution in [0.3, 0.4) is 0 Å². The van der Waals surface area contributed by atoms with Gasteiger partial charge >= 0.3 is 0 Å². The fourth-order valence-electron chi connectivity index (χ4n) is 3.25. The normalized spacial score (nSPS) is 18.5. The highest BCUT2D eigenvalue weighted by Gasteiger charge is 2.28. The van der Waals surface area contributed by atoms with Crippen LogP contribution in [0.5, 0.6) is 0 Å². The molecule has 4 rings (SSSR count). The van der Waals surface area contributed by atoms with Crippen LogP contribution in [0, 0.1) is 0 Å². The molecule has 3 aromatic rings. The lowest BCUT2D eigenvalue weighted by atomic mass is 10.1. The van der Waals surface area contributed by atoms with Crippen molar-refractivity contribution in [1.82, 2.24) is 24.5 Å². The number of hydrogen-bond acceptors (Lipinski definition) is 4. The number of fused-ring (bicyclic) bond motifs is 1. The zero-order valence-electron chi connectivity index (χ0n) is 12.3. The van der Waals surface area contributed by atoms with E-state index in [2.05, 4.69) is 51.4 Å². The number of halogens is 1. The van der Waals surface area contributed by atoms with Crippen molar-refractivity contribution >= 4 is 32.8 Å². The summed E-state index contributed by atoms with van der Waals surface area (Å²) in [5.41, 5.74) is 0.875. The molecule has 7 heteroatoms. The van der Waals surface area contributed by atoms with Gasteiger partial charge in [-0.1, -0.05) is 0 Å². The Balaban J connectivity index is 1.69. The van der Waals surface area contributed by atoms with E-state index in [1.54, 1.807) is 6.33 Å². The van der Waals surface area contributed by atoms with E-state index in [4.69, 9.17) is 0 Å². The summed E-state index contributed by atoms with van der Waals surface area (Å²) in [4.78, 5) is 18.9. The number of nitrogens with one attached hydrogen (secondary N) is 1. The second-order valence-electron chi connectivity index (χ2n) is 5.72. The fraction of sp³-hybridized carbons (Fsp3) is 0.400. The molecule has 22 heavy (non-hydrogen) atoms. The minimum Gasteiger partial charge on any atom is -0.353 e. The first-order valence-corrected chi connectivity index (χ1v) is 8.24. The van der Waals surface area contributed by atoms with E-state index in [0.29, 0.717) is 6.04 Å². The van der Waals surface area contributed by atoms with Gasteiger partial charge in [-0.3, -0.25) is 0 Å². The van der Waals surface area contributed by atoms with Crippen LogP contribution in [0.4, 0.5) is 5.82 Å². The van der Waals surface area contributed by atoms with Gasteiger partial charge in [-0.05, 0) is 34.8 Å². The summed E-state index contributed by atoms with van der Waals surface area (Å²) in [5.74, 6) is 2.14. The van der Waals surface area contributed by atoms with Gasteiger partial charge in [-0.25, -0.2) is 15.0 Å². The molecule has 6 nitrogen and oxygen atoms in total. The molecule has 4 heterocycles. The lowest BCUT2D eigenvalue weighted by Crippen LogP contribution is -2.32. The maximum Gasteiger partial charge on any atom is 0.143 e. The van der Waals surface area contributed by atoms with E-state index in [-0.39, 0.29) is 0 Å². The molecule has 1 fully saturated rings. The smallest absolute Gasteiger partial charge is 0.143 e. The molecule has 0 spiro atoms. The first-order chi connectivity index (χ1) is 10.7. The molecule has 1 atom stereocenters. The Labute approximate surface area is 136 Å². The number of aromatic nitrogens is 5. The van der Waals surface area contributed by atoms with Crippen molar-refractivity contribution in [2.24, 2.45) is 7.05 Å². The summed E-state index contributed by atoms with van der Waals surface area (Å²) in [7, 11) is 2.05. The highest BCUT2D eigenvalue weighted by molar-refractivity contribution is 9.10. The molecule has 0 amide bonds. The van der Waals surface area contributed by atoms with E-state index >= 15 is 0 Å². The maximum atomic E-state index is 4.55. The molecule has 0 aliphatic carbocycles. The number of imidazole rings is 1. The SMILES string of the molecule is Cn1ccnc1C[C@H]1CCCN1c1ncnc2[nH]c(Br)cc12. The molecule has 0 bridgehead atoms. The third-order valence-electron chi connectivity index (χ3n) is 4.36. The third kappa shape index (κ3) is 2.29. The van der Waals surface area contributed by atoms with Gasteiger partial charge < -0.3 is 14.5 Å². The van der Waals surface area contributed by atoms with Crippen LogP contribution in [0.1, 0.15) is 18.7 Å². The number of H-pyrrole nitrogens is 1. The molecule has 0 unspecified atom stereocenters. The average molecular weight is 361 g/mol. The molecule has 1 N–H and O–H groups in total. The van der Waals surface area contributed by atoms with Crippen LogP contribution in [-0.2, 0) is 13.5 Å². The highest BCUT2D eigenvalue weighted by atomic mass is 79.9. The minimum atomic E-state index is 0.438. The van der Waals surface area contributed by atoms with Crippen molar-refractivity contribution < 1.29 is 0 Å². The van der Waals surface area contributed by atoms with E-state index in [1.165, 1.54) is 12.8 Å². The molecule has 1 saturated heterocycles. The summed E-state index contributed by atoms with van der Waals surface area (Å²) in [6.45, 7) is 1.03. The van der Waals surface area contributed by atoms with Gasteiger partial charge in [-0.2, -0.15) is 0 Å². The summed E-state index contributed by atoms with van der Waals surface area (Å²) in [5, 5.41) is 1.07. The Kier molecular flexibility index (Phi) is 3.37. The lowest BCUT2D eigenvalue weighted by molar-refractivity contribution is 0.619. The first-order valence-electron chi connectivity index (χ1n) is 7.44. The van der Waals surface area contributed by atoms with Crippen LogP contribution in [0.25, 0.3) is 11.0 Å². The Bertz CT molecular complexity index is 807. The largest absolute Gasteiger partial charge is 0.353 e. The van der Waals surface area contributed by atoms with Crippen LogP contribution in [0.15, 0.2) is 29.4 Å². The average Bonchev–Trinajstić information content (AvgIpc) is 3.19. The summed E-state index contributed by atoms with van der Waals surface area (Å²) < 4.78 is 3.03. The summed E-state index contributed by atoms with van der Waals surface area (Å²) in [6.07, 6.45) is 8.80. The molecule has 0 saturated carbocycles. The number of aryl methyl sites for hydroxylation is 1. The minimum absolute atomic E-state index is 0.438. The molecule has 0 aromatic carbocycles. The molecule has 3 aromatic heterocycles.